The highest BCUT2D eigenvalue weighted by atomic mass is 35.5. The van der Waals surface area contributed by atoms with Crippen LogP contribution in [0.15, 0.2) is 36.9 Å². The van der Waals surface area contributed by atoms with E-state index in [2.05, 4.69) is 20.3 Å². The number of nitrogens with one attached hydrogen (secondary N) is 2. The van der Waals surface area contributed by atoms with Gasteiger partial charge in [-0.1, -0.05) is 17.7 Å². The van der Waals surface area contributed by atoms with E-state index in [0.717, 1.165) is 29.0 Å². The van der Waals surface area contributed by atoms with Crippen molar-refractivity contribution in [3.63, 3.8) is 0 Å². The Bertz CT molecular complexity index is 1420. The first-order chi connectivity index (χ1) is 17.7. The molecule has 4 N–H and O–H groups in total. The molecule has 0 unspecified atom stereocenters. The van der Waals surface area contributed by atoms with Crippen LogP contribution in [0.3, 0.4) is 0 Å². The fourth-order valence-corrected chi connectivity index (χ4v) is 6.46. The number of anilines is 1. The van der Waals surface area contributed by atoms with Gasteiger partial charge in [-0.2, -0.15) is 13.1 Å². The number of carbonyl (C=O) groups excluding carboxylic acids is 1. The van der Waals surface area contributed by atoms with E-state index in [9.17, 15) is 18.3 Å². The Labute approximate surface area is 222 Å². The number of thiophene rings is 1. The van der Waals surface area contributed by atoms with Gasteiger partial charge in [0.2, 0.25) is 5.78 Å². The highest BCUT2D eigenvalue weighted by Gasteiger charge is 2.35. The summed E-state index contributed by atoms with van der Waals surface area (Å²) < 4.78 is 39.3. The molecular formula is C23H24ClN5O6S2. The van der Waals surface area contributed by atoms with Gasteiger partial charge in [-0.3, -0.25) is 14.3 Å². The number of hydrogen-bond donors (Lipinski definition) is 4. The highest BCUT2D eigenvalue weighted by molar-refractivity contribution is 7.83. The molecule has 37 heavy (non-hydrogen) atoms. The number of carbonyl (C=O) groups is 1. The van der Waals surface area contributed by atoms with Crippen molar-refractivity contribution in [1.29, 1.82) is 0 Å². The third kappa shape index (κ3) is 5.82. The van der Waals surface area contributed by atoms with Gasteiger partial charge in [0, 0.05) is 36.5 Å². The molecule has 11 nitrogen and oxygen atoms in total. The molecule has 4 atom stereocenters. The van der Waals surface area contributed by atoms with E-state index in [1.165, 1.54) is 12.5 Å². The summed E-state index contributed by atoms with van der Waals surface area (Å²) in [6.45, 7) is 0.416. The van der Waals surface area contributed by atoms with Crippen LogP contribution in [0.4, 0.5) is 5.82 Å². The predicted molar refractivity (Wildman–Crippen MR) is 136 cm³/mol. The SMILES string of the molecule is O=C(c1cc([C@H]2OCCc3cccnc32)c(Cl)s1)c1cncnc1N[C@@H]1C[C@H](CNS(=O)(=O)O)[C@@H](O)C1. The molecule has 1 fully saturated rings. The fraction of sp³-hybridized carbons (Fsp3) is 0.391. The molecule has 3 aromatic rings. The van der Waals surface area contributed by atoms with E-state index in [4.69, 9.17) is 20.9 Å². The van der Waals surface area contributed by atoms with Crippen LogP contribution >= 0.6 is 22.9 Å². The minimum Gasteiger partial charge on any atom is -0.393 e. The van der Waals surface area contributed by atoms with Gasteiger partial charge in [-0.25, -0.2) is 9.97 Å². The van der Waals surface area contributed by atoms with Crippen LogP contribution in [0.2, 0.25) is 4.34 Å². The van der Waals surface area contributed by atoms with Gasteiger partial charge >= 0.3 is 10.3 Å². The highest BCUT2D eigenvalue weighted by Crippen LogP contribution is 2.40. The number of aliphatic hydroxyl groups is 1. The number of nitrogens with zero attached hydrogens (tertiary/aromatic N) is 3. The summed E-state index contributed by atoms with van der Waals surface area (Å²) in [5.41, 5.74) is 2.79. The molecule has 0 radical (unpaired) electrons. The number of ketones is 1. The van der Waals surface area contributed by atoms with Crippen LogP contribution in [0, 0.1) is 5.92 Å². The predicted octanol–water partition coefficient (Wildman–Crippen LogP) is 2.42. The average Bonchev–Trinajstić information content (AvgIpc) is 3.43. The number of aromatic nitrogens is 3. The number of ether oxygens (including phenoxy) is 1. The van der Waals surface area contributed by atoms with E-state index in [1.807, 2.05) is 16.9 Å². The molecule has 2 aliphatic rings. The maximum Gasteiger partial charge on any atom is 0.333 e. The van der Waals surface area contributed by atoms with Gasteiger partial charge in [0.15, 0.2) is 0 Å². The fourth-order valence-electron chi connectivity index (χ4n) is 4.76. The molecule has 1 saturated carbocycles. The zero-order valence-electron chi connectivity index (χ0n) is 19.4. The Kier molecular flexibility index (Phi) is 7.54. The maximum absolute atomic E-state index is 13.5. The van der Waals surface area contributed by atoms with Crippen LogP contribution < -0.4 is 10.0 Å². The summed E-state index contributed by atoms with van der Waals surface area (Å²) in [5, 5.41) is 13.5. The summed E-state index contributed by atoms with van der Waals surface area (Å²) in [5.74, 6) is -0.430. The average molecular weight is 566 g/mol. The van der Waals surface area contributed by atoms with E-state index in [1.54, 1.807) is 12.3 Å². The van der Waals surface area contributed by atoms with Crippen molar-refractivity contribution in [2.24, 2.45) is 5.92 Å². The second-order valence-electron chi connectivity index (χ2n) is 8.97. The zero-order chi connectivity index (χ0) is 26.2. The van der Waals surface area contributed by atoms with Gasteiger partial charge in [-0.15, -0.1) is 11.3 Å². The lowest BCUT2D eigenvalue weighted by molar-refractivity contribution is 0.0667. The normalized spacial score (nSPS) is 23.5. The summed E-state index contributed by atoms with van der Waals surface area (Å²) in [7, 11) is -4.36. The van der Waals surface area contributed by atoms with Gasteiger partial charge < -0.3 is 15.2 Å². The van der Waals surface area contributed by atoms with Crippen LogP contribution in [0.25, 0.3) is 0 Å². The molecule has 4 heterocycles. The number of hydrogen-bond acceptors (Lipinski definition) is 10. The molecule has 0 bridgehead atoms. The largest absolute Gasteiger partial charge is 0.393 e. The van der Waals surface area contributed by atoms with Gasteiger partial charge in [0.05, 0.1) is 33.2 Å². The lowest BCUT2D eigenvalue weighted by atomic mass is 9.99. The Morgan fingerprint density at radius 2 is 2.14 bits per heavy atom. The topological polar surface area (TPSA) is 164 Å². The first kappa shape index (κ1) is 26.1. The molecule has 0 spiro atoms. The second-order valence-corrected chi connectivity index (χ2v) is 11.9. The van der Waals surface area contributed by atoms with Crippen molar-refractivity contribution in [2.45, 2.75) is 37.5 Å². The summed E-state index contributed by atoms with van der Waals surface area (Å²) in [6.07, 6.45) is 4.65. The minimum absolute atomic E-state index is 0.106. The third-order valence-corrected chi connectivity index (χ3v) is 8.45. The Morgan fingerprint density at radius 1 is 1.30 bits per heavy atom. The monoisotopic (exact) mass is 565 g/mol. The maximum atomic E-state index is 13.5. The van der Waals surface area contributed by atoms with Crippen molar-refractivity contribution in [1.82, 2.24) is 19.7 Å². The molecule has 5 rings (SSSR count). The molecule has 3 aromatic heterocycles. The van der Waals surface area contributed by atoms with E-state index >= 15 is 0 Å². The van der Waals surface area contributed by atoms with Gasteiger partial charge in [0.1, 0.15) is 18.2 Å². The van der Waals surface area contributed by atoms with Crippen LogP contribution in [-0.4, -0.2) is 64.1 Å². The molecule has 196 valence electrons. The molecule has 0 saturated heterocycles. The first-order valence-electron chi connectivity index (χ1n) is 11.6. The van der Waals surface area contributed by atoms with Crippen molar-refractivity contribution < 1.29 is 27.6 Å². The zero-order valence-corrected chi connectivity index (χ0v) is 21.8. The number of pyridine rings is 1. The summed E-state index contributed by atoms with van der Waals surface area (Å²) in [6, 6.07) is 5.33. The van der Waals surface area contributed by atoms with Crippen molar-refractivity contribution in [3.8, 4) is 0 Å². The number of fused-ring (bicyclic) bond motifs is 1. The lowest BCUT2D eigenvalue weighted by Gasteiger charge is -2.24. The second kappa shape index (κ2) is 10.7. The molecule has 1 aliphatic heterocycles. The van der Waals surface area contributed by atoms with Gasteiger partial charge in [-0.05, 0) is 37.0 Å². The van der Waals surface area contributed by atoms with Crippen LogP contribution in [-0.2, 0) is 21.5 Å². The Balaban J connectivity index is 1.34. The van der Waals surface area contributed by atoms with E-state index in [-0.39, 0.29) is 23.9 Å². The van der Waals surface area contributed by atoms with Crippen molar-refractivity contribution in [3.05, 3.63) is 68.5 Å². The third-order valence-electron chi connectivity index (χ3n) is 6.53. The standard InChI is InChI=1S/C23H24ClN5O6S2/c24-22-15(21-19-12(3-5-35-21)2-1-4-26-19)8-18(36-22)20(31)16-10-25-11-27-23(16)29-14-6-13(17(30)7-14)9-28-37(32,33)34/h1-2,4,8,10-11,13-14,17,21,28,30H,3,5-7,9H2,(H,25,27,29)(H,32,33,34)/t13-,14-,17+,21-/m1/s1. The van der Waals surface area contributed by atoms with Crippen LogP contribution in [0.1, 0.15) is 51.0 Å². The smallest absolute Gasteiger partial charge is 0.333 e. The first-order valence-corrected chi connectivity index (χ1v) is 14.2. The molecule has 14 heteroatoms. The van der Waals surface area contributed by atoms with Crippen LogP contribution in [0.5, 0.6) is 0 Å². The molecule has 0 amide bonds. The van der Waals surface area contributed by atoms with Crippen molar-refractivity contribution >= 4 is 44.8 Å². The van der Waals surface area contributed by atoms with Crippen molar-refractivity contribution in [2.75, 3.05) is 18.5 Å². The number of rotatable bonds is 8. The number of halogens is 1. The Morgan fingerprint density at radius 3 is 2.95 bits per heavy atom. The quantitative estimate of drug-likeness (QED) is 0.235. The summed E-state index contributed by atoms with van der Waals surface area (Å²) >= 11 is 7.71. The lowest BCUT2D eigenvalue weighted by Crippen LogP contribution is -2.32. The van der Waals surface area contributed by atoms with E-state index < -0.39 is 28.4 Å². The summed E-state index contributed by atoms with van der Waals surface area (Å²) in [4.78, 5) is 26.6. The minimum atomic E-state index is -4.36. The molecule has 1 aliphatic carbocycles. The molecule has 0 aromatic carbocycles. The Hall–Kier alpha value is -2.52. The molecular weight excluding hydrogens is 542 g/mol. The van der Waals surface area contributed by atoms with E-state index in [0.29, 0.717) is 40.0 Å². The van der Waals surface area contributed by atoms with Gasteiger partial charge in [0.25, 0.3) is 0 Å². The number of aliphatic hydroxyl groups excluding tert-OH is 1.